The zero-order valence-electron chi connectivity index (χ0n) is 11.1. The normalized spacial score (nSPS) is 21.8. The maximum absolute atomic E-state index is 11.6. The Balaban J connectivity index is 1.80. The topological polar surface area (TPSA) is 68.3 Å². The van der Waals surface area contributed by atoms with E-state index in [9.17, 15) is 8.42 Å². The van der Waals surface area contributed by atoms with E-state index in [1.807, 2.05) is 18.2 Å². The lowest BCUT2D eigenvalue weighted by molar-refractivity contribution is 0.415. The van der Waals surface area contributed by atoms with Crippen molar-refractivity contribution in [1.29, 1.82) is 0 Å². The van der Waals surface area contributed by atoms with Crippen molar-refractivity contribution >= 4 is 36.5 Å². The predicted octanol–water partition coefficient (Wildman–Crippen LogP) is 2.29. The molecule has 1 unspecified atom stereocenters. The van der Waals surface area contributed by atoms with Crippen LogP contribution in [0.2, 0.25) is 0 Å². The smallest absolute Gasteiger partial charge is 0.184 e. The van der Waals surface area contributed by atoms with Crippen LogP contribution in [0.25, 0.3) is 10.2 Å². The van der Waals surface area contributed by atoms with Crippen LogP contribution in [0.1, 0.15) is 12.8 Å². The van der Waals surface area contributed by atoms with E-state index < -0.39 is 9.84 Å². The lowest BCUT2D eigenvalue weighted by Crippen LogP contribution is -2.34. The molecule has 1 aliphatic rings. The lowest BCUT2D eigenvalue weighted by Gasteiger charge is -2.22. The number of aromatic nitrogens is 1. The first-order valence-electron chi connectivity index (χ1n) is 6.47. The summed E-state index contributed by atoms with van der Waals surface area (Å²) >= 11 is 1.52. The van der Waals surface area contributed by atoms with Crippen LogP contribution in [0.5, 0.6) is 5.75 Å². The quantitative estimate of drug-likeness (QED) is 0.942. The van der Waals surface area contributed by atoms with E-state index in [0.29, 0.717) is 5.75 Å². The van der Waals surface area contributed by atoms with Crippen molar-refractivity contribution in [2.24, 2.45) is 0 Å². The molecule has 1 fully saturated rings. The third-order valence-electron chi connectivity index (χ3n) is 3.39. The first kappa shape index (κ1) is 13.6. The summed E-state index contributed by atoms with van der Waals surface area (Å²) in [6, 6.07) is 5.69. The molecule has 5 nitrogen and oxygen atoms in total. The Labute approximate surface area is 121 Å². The highest BCUT2D eigenvalue weighted by atomic mass is 32.2. The fraction of sp³-hybridized carbons (Fsp3) is 0.462. The molecule has 1 atom stereocenters. The largest absolute Gasteiger partial charge is 0.497 e. The van der Waals surface area contributed by atoms with Crippen molar-refractivity contribution in [3.63, 3.8) is 0 Å². The highest BCUT2D eigenvalue weighted by Gasteiger charge is 2.25. The molecule has 1 N–H and O–H groups in total. The number of nitrogens with one attached hydrogen (secondary N) is 1. The van der Waals surface area contributed by atoms with Crippen molar-refractivity contribution in [3.8, 4) is 5.75 Å². The monoisotopic (exact) mass is 312 g/mol. The third-order valence-corrected chi connectivity index (χ3v) is 6.16. The highest BCUT2D eigenvalue weighted by Crippen LogP contribution is 2.30. The van der Waals surface area contributed by atoms with Gasteiger partial charge >= 0.3 is 0 Å². The Bertz CT molecular complexity index is 724. The number of sulfone groups is 1. The van der Waals surface area contributed by atoms with Gasteiger partial charge in [-0.05, 0) is 31.0 Å². The maximum atomic E-state index is 11.6. The van der Waals surface area contributed by atoms with Crippen LogP contribution in [0, 0.1) is 0 Å². The van der Waals surface area contributed by atoms with Gasteiger partial charge in [-0.3, -0.25) is 0 Å². The summed E-state index contributed by atoms with van der Waals surface area (Å²) in [5.41, 5.74) is 0.900. The fourth-order valence-electron chi connectivity index (χ4n) is 2.40. The molecule has 0 aliphatic carbocycles. The molecule has 2 heterocycles. The second-order valence-electron chi connectivity index (χ2n) is 4.95. The molecule has 1 aromatic heterocycles. The Kier molecular flexibility index (Phi) is 3.55. The van der Waals surface area contributed by atoms with Gasteiger partial charge in [-0.15, -0.1) is 0 Å². The minimum Gasteiger partial charge on any atom is -0.497 e. The summed E-state index contributed by atoms with van der Waals surface area (Å²) < 4.78 is 29.5. The van der Waals surface area contributed by atoms with Gasteiger partial charge in [0.1, 0.15) is 5.75 Å². The fourth-order valence-corrected chi connectivity index (χ4v) is 5.01. The Morgan fingerprint density at radius 1 is 1.45 bits per heavy atom. The van der Waals surface area contributed by atoms with E-state index >= 15 is 0 Å². The number of methoxy groups -OCH3 is 1. The van der Waals surface area contributed by atoms with E-state index in [-0.39, 0.29) is 11.8 Å². The van der Waals surface area contributed by atoms with Gasteiger partial charge in [-0.2, -0.15) is 0 Å². The van der Waals surface area contributed by atoms with E-state index in [0.717, 1.165) is 33.9 Å². The first-order valence-corrected chi connectivity index (χ1v) is 9.11. The Hall–Kier alpha value is -1.34. The van der Waals surface area contributed by atoms with Crippen molar-refractivity contribution in [2.45, 2.75) is 18.9 Å². The van der Waals surface area contributed by atoms with Gasteiger partial charge in [-0.1, -0.05) is 11.3 Å². The number of nitrogens with zero attached hydrogens (tertiary/aromatic N) is 1. The SMILES string of the molecule is COc1ccc2nc(NC3CCCS(=O)(=O)C3)sc2c1. The average Bonchev–Trinajstić information content (AvgIpc) is 2.78. The summed E-state index contributed by atoms with van der Waals surface area (Å²) in [7, 11) is -1.27. The number of hydrogen-bond acceptors (Lipinski definition) is 6. The van der Waals surface area contributed by atoms with E-state index in [1.54, 1.807) is 7.11 Å². The van der Waals surface area contributed by atoms with Crippen molar-refractivity contribution < 1.29 is 13.2 Å². The molecular weight excluding hydrogens is 296 g/mol. The maximum Gasteiger partial charge on any atom is 0.184 e. The van der Waals surface area contributed by atoms with Crippen LogP contribution in [0.15, 0.2) is 18.2 Å². The molecule has 1 saturated heterocycles. The van der Waals surface area contributed by atoms with Crippen LogP contribution in [-0.2, 0) is 9.84 Å². The average molecular weight is 312 g/mol. The minimum absolute atomic E-state index is 0.0313. The van der Waals surface area contributed by atoms with Crippen LogP contribution in [-0.4, -0.2) is 38.1 Å². The zero-order chi connectivity index (χ0) is 14.2. The van der Waals surface area contributed by atoms with E-state index in [2.05, 4.69) is 10.3 Å². The second-order valence-corrected chi connectivity index (χ2v) is 8.21. The molecule has 0 radical (unpaired) electrons. The third kappa shape index (κ3) is 2.88. The Morgan fingerprint density at radius 3 is 3.05 bits per heavy atom. The number of fused-ring (bicyclic) bond motifs is 1. The number of anilines is 1. The van der Waals surface area contributed by atoms with Gasteiger partial charge in [0.15, 0.2) is 15.0 Å². The molecule has 3 rings (SSSR count). The molecule has 108 valence electrons. The molecular formula is C13H16N2O3S2. The molecule has 1 aliphatic heterocycles. The molecule has 0 spiro atoms. The predicted molar refractivity (Wildman–Crippen MR) is 81.5 cm³/mol. The lowest BCUT2D eigenvalue weighted by atomic mass is 10.2. The van der Waals surface area contributed by atoms with Gasteiger partial charge in [-0.25, -0.2) is 13.4 Å². The van der Waals surface area contributed by atoms with Gasteiger partial charge in [0.2, 0.25) is 0 Å². The van der Waals surface area contributed by atoms with Crippen LogP contribution >= 0.6 is 11.3 Å². The van der Waals surface area contributed by atoms with Crippen LogP contribution in [0.3, 0.4) is 0 Å². The van der Waals surface area contributed by atoms with Crippen LogP contribution in [0.4, 0.5) is 5.13 Å². The van der Waals surface area contributed by atoms with Crippen molar-refractivity contribution in [2.75, 3.05) is 23.9 Å². The second kappa shape index (κ2) is 5.21. The molecule has 2 aromatic rings. The molecule has 0 saturated carbocycles. The van der Waals surface area contributed by atoms with Crippen molar-refractivity contribution in [3.05, 3.63) is 18.2 Å². The number of benzene rings is 1. The summed E-state index contributed by atoms with van der Waals surface area (Å²) in [6.07, 6.45) is 1.59. The summed E-state index contributed by atoms with van der Waals surface area (Å²) in [4.78, 5) is 4.49. The molecule has 7 heteroatoms. The number of hydrogen-bond donors (Lipinski definition) is 1. The van der Waals surface area contributed by atoms with Gasteiger partial charge in [0.25, 0.3) is 0 Å². The minimum atomic E-state index is -2.90. The number of thiazole rings is 1. The van der Waals surface area contributed by atoms with Crippen molar-refractivity contribution in [1.82, 2.24) is 4.98 Å². The van der Waals surface area contributed by atoms with E-state index in [1.165, 1.54) is 11.3 Å². The number of ether oxygens (including phenoxy) is 1. The van der Waals surface area contributed by atoms with Gasteiger partial charge in [0, 0.05) is 6.04 Å². The summed E-state index contributed by atoms with van der Waals surface area (Å²) in [6.45, 7) is 0. The summed E-state index contributed by atoms with van der Waals surface area (Å²) in [5, 5.41) is 4.02. The van der Waals surface area contributed by atoms with Crippen LogP contribution < -0.4 is 10.1 Å². The van der Waals surface area contributed by atoms with Gasteiger partial charge < -0.3 is 10.1 Å². The molecule has 20 heavy (non-hydrogen) atoms. The zero-order valence-corrected chi connectivity index (χ0v) is 12.8. The Morgan fingerprint density at radius 2 is 2.30 bits per heavy atom. The molecule has 0 amide bonds. The van der Waals surface area contributed by atoms with Gasteiger partial charge in [0.05, 0.1) is 28.8 Å². The molecule has 0 bridgehead atoms. The van der Waals surface area contributed by atoms with E-state index in [4.69, 9.17) is 4.74 Å². The highest BCUT2D eigenvalue weighted by molar-refractivity contribution is 7.91. The standard InChI is InChI=1S/C13H16N2O3S2/c1-18-10-4-5-11-12(7-10)19-13(15-11)14-9-3-2-6-20(16,17)8-9/h4-5,7,9H,2-3,6,8H2,1H3,(H,14,15). The number of rotatable bonds is 3. The summed E-state index contributed by atoms with van der Waals surface area (Å²) in [5.74, 6) is 1.31. The first-order chi connectivity index (χ1) is 9.55. The molecule has 1 aromatic carbocycles.